The highest BCUT2D eigenvalue weighted by Gasteiger charge is 2.30. The van der Waals surface area contributed by atoms with E-state index < -0.39 is 0 Å². The number of nitrogens with zero attached hydrogens (tertiary/aromatic N) is 2. The van der Waals surface area contributed by atoms with Crippen molar-refractivity contribution in [3.8, 4) is 0 Å². The second-order valence-corrected chi connectivity index (χ2v) is 6.30. The van der Waals surface area contributed by atoms with E-state index in [2.05, 4.69) is 10.3 Å². The molecule has 1 aromatic heterocycles. The van der Waals surface area contributed by atoms with Gasteiger partial charge in [0.2, 0.25) is 11.8 Å². The van der Waals surface area contributed by atoms with Crippen LogP contribution in [-0.2, 0) is 20.7 Å². The highest BCUT2D eigenvalue weighted by Crippen LogP contribution is 2.19. The molecule has 0 bridgehead atoms. The van der Waals surface area contributed by atoms with Gasteiger partial charge in [-0.1, -0.05) is 0 Å². The summed E-state index contributed by atoms with van der Waals surface area (Å²) in [7, 11) is 0. The van der Waals surface area contributed by atoms with Crippen molar-refractivity contribution < 1.29 is 14.3 Å². The quantitative estimate of drug-likeness (QED) is 0.871. The Balaban J connectivity index is 1.51. The Morgan fingerprint density at radius 1 is 1.30 bits per heavy atom. The minimum Gasteiger partial charge on any atom is -0.379 e. The molecular weight excluding hydrogens is 294 g/mol. The minimum absolute atomic E-state index is 0.00978. The molecule has 2 unspecified atom stereocenters. The zero-order valence-corrected chi connectivity index (χ0v) is 13.2. The molecule has 1 aromatic rings. The molecule has 2 saturated heterocycles. The van der Waals surface area contributed by atoms with Crippen LogP contribution in [0, 0.1) is 5.92 Å². The number of hydrogen-bond acceptors (Lipinski definition) is 4. The topological polar surface area (TPSA) is 71.5 Å². The molecule has 2 atom stereocenters. The SMILES string of the molecule is O=C(CN1CCCCC1=O)NC1COCC1Cc1ccncc1. The molecule has 0 spiro atoms. The van der Waals surface area contributed by atoms with Gasteiger partial charge in [0.1, 0.15) is 0 Å². The van der Waals surface area contributed by atoms with Gasteiger partial charge in [-0.2, -0.15) is 0 Å². The summed E-state index contributed by atoms with van der Waals surface area (Å²) in [5, 5.41) is 3.04. The van der Waals surface area contributed by atoms with Gasteiger partial charge in [-0.15, -0.1) is 0 Å². The van der Waals surface area contributed by atoms with Gasteiger partial charge >= 0.3 is 0 Å². The number of likely N-dealkylation sites (tertiary alicyclic amines) is 1. The molecule has 2 fully saturated rings. The first-order valence-electron chi connectivity index (χ1n) is 8.26. The van der Waals surface area contributed by atoms with Crippen LogP contribution in [0.2, 0.25) is 0 Å². The number of pyridine rings is 1. The third-order valence-electron chi connectivity index (χ3n) is 4.55. The van der Waals surface area contributed by atoms with E-state index in [0.717, 1.165) is 19.3 Å². The van der Waals surface area contributed by atoms with Crippen molar-refractivity contribution in [1.29, 1.82) is 0 Å². The fourth-order valence-corrected chi connectivity index (χ4v) is 3.24. The summed E-state index contributed by atoms with van der Waals surface area (Å²) < 4.78 is 5.54. The van der Waals surface area contributed by atoms with Gasteiger partial charge in [-0.25, -0.2) is 0 Å². The molecule has 6 nitrogen and oxygen atoms in total. The predicted molar refractivity (Wildman–Crippen MR) is 84.6 cm³/mol. The molecule has 0 aliphatic carbocycles. The lowest BCUT2D eigenvalue weighted by molar-refractivity contribution is -0.138. The fraction of sp³-hybridized carbons (Fsp3) is 0.588. The van der Waals surface area contributed by atoms with Crippen LogP contribution in [0.5, 0.6) is 0 Å². The summed E-state index contributed by atoms with van der Waals surface area (Å²) in [6.45, 7) is 2.04. The number of hydrogen-bond donors (Lipinski definition) is 1. The van der Waals surface area contributed by atoms with Crippen LogP contribution in [0.3, 0.4) is 0 Å². The molecule has 3 heterocycles. The summed E-state index contributed by atoms with van der Waals surface area (Å²) in [6.07, 6.45) is 6.89. The van der Waals surface area contributed by atoms with Crippen molar-refractivity contribution in [3.05, 3.63) is 30.1 Å². The average molecular weight is 317 g/mol. The molecule has 6 heteroatoms. The second kappa shape index (κ2) is 7.55. The number of carbonyl (C=O) groups excluding carboxylic acids is 2. The van der Waals surface area contributed by atoms with Crippen molar-refractivity contribution >= 4 is 11.8 Å². The van der Waals surface area contributed by atoms with E-state index in [1.807, 2.05) is 12.1 Å². The number of aromatic nitrogens is 1. The molecule has 23 heavy (non-hydrogen) atoms. The average Bonchev–Trinajstić information content (AvgIpc) is 2.97. The summed E-state index contributed by atoms with van der Waals surface area (Å²) in [5.41, 5.74) is 1.20. The first-order valence-corrected chi connectivity index (χ1v) is 8.26. The van der Waals surface area contributed by atoms with Crippen LogP contribution in [0.15, 0.2) is 24.5 Å². The zero-order valence-electron chi connectivity index (χ0n) is 13.2. The van der Waals surface area contributed by atoms with Gasteiger partial charge in [0, 0.05) is 31.3 Å². The van der Waals surface area contributed by atoms with E-state index in [0.29, 0.717) is 26.2 Å². The van der Waals surface area contributed by atoms with Gasteiger partial charge in [0.15, 0.2) is 0 Å². The Hall–Kier alpha value is -1.95. The fourth-order valence-electron chi connectivity index (χ4n) is 3.24. The van der Waals surface area contributed by atoms with Gasteiger partial charge in [-0.05, 0) is 37.0 Å². The van der Waals surface area contributed by atoms with Gasteiger partial charge in [-0.3, -0.25) is 14.6 Å². The lowest BCUT2D eigenvalue weighted by atomic mass is 9.95. The summed E-state index contributed by atoms with van der Waals surface area (Å²) >= 11 is 0. The van der Waals surface area contributed by atoms with Crippen molar-refractivity contribution in [3.63, 3.8) is 0 Å². The number of rotatable bonds is 5. The molecule has 0 radical (unpaired) electrons. The standard InChI is InChI=1S/C17H23N3O3/c21-16(10-20-8-2-1-3-17(20)22)19-15-12-23-11-14(15)9-13-4-6-18-7-5-13/h4-7,14-15H,1-3,8-12H2,(H,19,21). The smallest absolute Gasteiger partial charge is 0.239 e. The predicted octanol–water partition coefficient (Wildman–Crippen LogP) is 0.768. The Morgan fingerprint density at radius 3 is 2.91 bits per heavy atom. The van der Waals surface area contributed by atoms with Crippen LogP contribution in [0.25, 0.3) is 0 Å². The first kappa shape index (κ1) is 15.9. The molecule has 0 aromatic carbocycles. The van der Waals surface area contributed by atoms with E-state index in [4.69, 9.17) is 4.74 Å². The molecule has 0 saturated carbocycles. The summed E-state index contributed by atoms with van der Waals surface area (Å²) in [4.78, 5) is 29.7. The Bertz CT molecular complexity index is 549. The minimum atomic E-state index is -0.0875. The lowest BCUT2D eigenvalue weighted by Gasteiger charge is -2.27. The molecular formula is C17H23N3O3. The lowest BCUT2D eigenvalue weighted by Crippen LogP contribution is -2.47. The van der Waals surface area contributed by atoms with E-state index in [1.165, 1.54) is 5.56 Å². The molecule has 2 aliphatic rings. The van der Waals surface area contributed by atoms with Crippen molar-refractivity contribution in [2.24, 2.45) is 5.92 Å². The number of ether oxygens (including phenoxy) is 1. The summed E-state index contributed by atoms with van der Waals surface area (Å²) in [5.74, 6) is 0.260. The largest absolute Gasteiger partial charge is 0.379 e. The maximum absolute atomic E-state index is 12.2. The highest BCUT2D eigenvalue weighted by molar-refractivity contribution is 5.85. The van der Waals surface area contributed by atoms with Gasteiger partial charge < -0.3 is 15.0 Å². The van der Waals surface area contributed by atoms with Crippen LogP contribution in [0.4, 0.5) is 0 Å². The normalized spacial score (nSPS) is 24.7. The van der Waals surface area contributed by atoms with Crippen molar-refractivity contribution in [1.82, 2.24) is 15.2 Å². The number of carbonyl (C=O) groups is 2. The number of piperidine rings is 1. The Morgan fingerprint density at radius 2 is 2.13 bits per heavy atom. The molecule has 3 rings (SSSR count). The maximum atomic E-state index is 12.2. The highest BCUT2D eigenvalue weighted by atomic mass is 16.5. The van der Waals surface area contributed by atoms with Gasteiger partial charge in [0.25, 0.3) is 0 Å². The Labute approximate surface area is 136 Å². The second-order valence-electron chi connectivity index (χ2n) is 6.30. The monoisotopic (exact) mass is 317 g/mol. The van der Waals surface area contributed by atoms with Crippen molar-refractivity contribution in [2.45, 2.75) is 31.7 Å². The molecule has 2 amide bonds. The first-order chi connectivity index (χ1) is 11.2. The summed E-state index contributed by atoms with van der Waals surface area (Å²) in [6, 6.07) is 3.99. The Kier molecular flexibility index (Phi) is 5.23. The van der Waals surface area contributed by atoms with E-state index >= 15 is 0 Å². The van der Waals surface area contributed by atoms with E-state index in [1.54, 1.807) is 17.3 Å². The molecule has 1 N–H and O–H groups in total. The van der Waals surface area contributed by atoms with Gasteiger partial charge in [0.05, 0.1) is 25.8 Å². The molecule has 124 valence electrons. The van der Waals surface area contributed by atoms with Crippen molar-refractivity contribution in [2.75, 3.05) is 26.3 Å². The van der Waals surface area contributed by atoms with Crippen LogP contribution in [0.1, 0.15) is 24.8 Å². The van der Waals surface area contributed by atoms with E-state index in [9.17, 15) is 9.59 Å². The number of amides is 2. The van der Waals surface area contributed by atoms with Crippen LogP contribution < -0.4 is 5.32 Å². The number of nitrogens with one attached hydrogen (secondary N) is 1. The van der Waals surface area contributed by atoms with E-state index in [-0.39, 0.29) is 30.3 Å². The van der Waals surface area contributed by atoms with Crippen LogP contribution >= 0.6 is 0 Å². The maximum Gasteiger partial charge on any atom is 0.239 e. The molecule has 2 aliphatic heterocycles. The van der Waals surface area contributed by atoms with Crippen LogP contribution in [-0.4, -0.2) is 54.0 Å². The third-order valence-corrected chi connectivity index (χ3v) is 4.55. The zero-order chi connectivity index (χ0) is 16.1. The third kappa shape index (κ3) is 4.28.